The molecule has 1 heterocycles. The minimum Gasteiger partial charge on any atom is -0.384 e. The van der Waals surface area contributed by atoms with Gasteiger partial charge in [0.15, 0.2) is 5.82 Å². The molecule has 0 fully saturated rings. The van der Waals surface area contributed by atoms with Gasteiger partial charge in [-0.05, 0) is 18.1 Å². The van der Waals surface area contributed by atoms with Crippen molar-refractivity contribution in [1.29, 1.82) is 0 Å². The minimum absolute atomic E-state index is 0.260. The molecule has 0 amide bonds. The van der Waals surface area contributed by atoms with Crippen molar-refractivity contribution in [3.05, 3.63) is 40.0 Å². The number of rotatable bonds is 2. The maximum Gasteiger partial charge on any atom is 0.164 e. The van der Waals surface area contributed by atoms with E-state index in [9.17, 15) is 0 Å². The van der Waals surface area contributed by atoms with Gasteiger partial charge in [0, 0.05) is 11.8 Å². The van der Waals surface area contributed by atoms with Gasteiger partial charge in [0.1, 0.15) is 5.82 Å². The third kappa shape index (κ3) is 2.57. The van der Waals surface area contributed by atoms with Gasteiger partial charge < -0.3 is 5.73 Å². The van der Waals surface area contributed by atoms with Crippen molar-refractivity contribution in [2.45, 2.75) is 19.8 Å². The Kier molecular flexibility index (Phi) is 3.73. The van der Waals surface area contributed by atoms with Crippen LogP contribution in [-0.4, -0.2) is 9.97 Å². The SMILES string of the molecule is CC(C)c1cc(N)nc(-c2c(Cl)cccc2Cl)n1. The predicted molar refractivity (Wildman–Crippen MR) is 76.0 cm³/mol. The van der Waals surface area contributed by atoms with Crippen molar-refractivity contribution in [2.24, 2.45) is 0 Å². The Bertz CT molecular complexity index is 562. The molecular weight excluding hydrogens is 269 g/mol. The Morgan fingerprint density at radius 1 is 1.11 bits per heavy atom. The zero-order valence-corrected chi connectivity index (χ0v) is 11.6. The Labute approximate surface area is 116 Å². The van der Waals surface area contributed by atoms with Crippen molar-refractivity contribution in [3.63, 3.8) is 0 Å². The van der Waals surface area contributed by atoms with Gasteiger partial charge in [-0.15, -0.1) is 0 Å². The monoisotopic (exact) mass is 281 g/mol. The van der Waals surface area contributed by atoms with Crippen LogP contribution in [0.2, 0.25) is 10.0 Å². The molecule has 0 saturated heterocycles. The van der Waals surface area contributed by atoms with E-state index in [1.165, 1.54) is 0 Å². The van der Waals surface area contributed by atoms with E-state index in [4.69, 9.17) is 28.9 Å². The minimum atomic E-state index is 0.260. The quantitative estimate of drug-likeness (QED) is 0.899. The summed E-state index contributed by atoms with van der Waals surface area (Å²) >= 11 is 12.3. The normalized spacial score (nSPS) is 10.9. The molecule has 2 N–H and O–H groups in total. The summed E-state index contributed by atoms with van der Waals surface area (Å²) in [5.41, 5.74) is 7.29. The lowest BCUT2D eigenvalue weighted by Gasteiger charge is -2.10. The summed E-state index contributed by atoms with van der Waals surface area (Å²) in [6.45, 7) is 4.08. The molecule has 0 unspecified atom stereocenters. The van der Waals surface area contributed by atoms with E-state index in [1.54, 1.807) is 24.3 Å². The van der Waals surface area contributed by atoms with Gasteiger partial charge in [0.25, 0.3) is 0 Å². The first-order valence-electron chi connectivity index (χ1n) is 5.58. The third-order valence-corrected chi connectivity index (χ3v) is 3.17. The lowest BCUT2D eigenvalue weighted by Crippen LogP contribution is -2.02. The van der Waals surface area contributed by atoms with Crippen LogP contribution in [0, 0.1) is 0 Å². The molecular formula is C13H13Cl2N3. The summed E-state index contributed by atoms with van der Waals surface area (Å²) in [4.78, 5) is 8.67. The third-order valence-electron chi connectivity index (χ3n) is 2.54. The molecule has 0 aliphatic carbocycles. The van der Waals surface area contributed by atoms with Crippen LogP contribution in [0.4, 0.5) is 5.82 Å². The number of aromatic nitrogens is 2. The number of nitrogens with two attached hydrogens (primary N) is 1. The molecule has 94 valence electrons. The van der Waals surface area contributed by atoms with Gasteiger partial charge in [-0.3, -0.25) is 0 Å². The first-order valence-corrected chi connectivity index (χ1v) is 6.33. The molecule has 0 saturated carbocycles. The topological polar surface area (TPSA) is 51.8 Å². The van der Waals surface area contributed by atoms with Gasteiger partial charge in [-0.1, -0.05) is 43.1 Å². The number of nitrogen functional groups attached to an aromatic ring is 1. The highest BCUT2D eigenvalue weighted by Crippen LogP contribution is 2.33. The van der Waals surface area contributed by atoms with E-state index >= 15 is 0 Å². The number of halogens is 2. The van der Waals surface area contributed by atoms with Crippen LogP contribution in [0.15, 0.2) is 24.3 Å². The Morgan fingerprint density at radius 3 is 2.28 bits per heavy atom. The molecule has 2 rings (SSSR count). The zero-order valence-electron chi connectivity index (χ0n) is 10.1. The molecule has 1 aromatic carbocycles. The van der Waals surface area contributed by atoms with Crippen LogP contribution >= 0.6 is 23.2 Å². The fraction of sp³-hybridized carbons (Fsp3) is 0.231. The maximum absolute atomic E-state index is 6.14. The Hall–Kier alpha value is -1.32. The second-order valence-electron chi connectivity index (χ2n) is 4.29. The van der Waals surface area contributed by atoms with Crippen LogP contribution in [0.5, 0.6) is 0 Å². The average Bonchev–Trinajstić information content (AvgIpc) is 2.28. The highest BCUT2D eigenvalue weighted by atomic mass is 35.5. The van der Waals surface area contributed by atoms with Crippen LogP contribution in [0.3, 0.4) is 0 Å². The molecule has 0 atom stereocenters. The molecule has 0 bridgehead atoms. The second kappa shape index (κ2) is 5.12. The van der Waals surface area contributed by atoms with E-state index in [-0.39, 0.29) is 5.92 Å². The lowest BCUT2D eigenvalue weighted by atomic mass is 10.1. The van der Waals surface area contributed by atoms with E-state index in [2.05, 4.69) is 9.97 Å². The molecule has 0 spiro atoms. The highest BCUT2D eigenvalue weighted by molar-refractivity contribution is 6.38. The van der Waals surface area contributed by atoms with E-state index in [0.29, 0.717) is 27.3 Å². The molecule has 0 aliphatic rings. The Balaban J connectivity index is 2.64. The van der Waals surface area contributed by atoms with Gasteiger partial charge in [-0.2, -0.15) is 0 Å². The largest absolute Gasteiger partial charge is 0.384 e. The van der Waals surface area contributed by atoms with E-state index in [1.807, 2.05) is 13.8 Å². The standard InChI is InChI=1S/C13H13Cl2N3/c1-7(2)10-6-11(16)18-13(17-10)12-8(14)4-3-5-9(12)15/h3-7H,1-2H3,(H2,16,17,18). The van der Waals surface area contributed by atoms with Crippen LogP contribution < -0.4 is 5.73 Å². The average molecular weight is 282 g/mol. The fourth-order valence-electron chi connectivity index (χ4n) is 1.60. The number of anilines is 1. The first kappa shape index (κ1) is 13.1. The maximum atomic E-state index is 6.14. The molecule has 18 heavy (non-hydrogen) atoms. The Morgan fingerprint density at radius 2 is 1.72 bits per heavy atom. The molecule has 3 nitrogen and oxygen atoms in total. The summed E-state index contributed by atoms with van der Waals surface area (Å²) in [5.74, 6) is 1.14. The van der Waals surface area contributed by atoms with Gasteiger partial charge in [-0.25, -0.2) is 9.97 Å². The zero-order chi connectivity index (χ0) is 13.3. The van der Waals surface area contributed by atoms with Crippen molar-refractivity contribution < 1.29 is 0 Å². The number of hydrogen-bond donors (Lipinski definition) is 1. The smallest absolute Gasteiger partial charge is 0.164 e. The van der Waals surface area contributed by atoms with Crippen molar-refractivity contribution >= 4 is 29.0 Å². The lowest BCUT2D eigenvalue weighted by molar-refractivity contribution is 0.818. The van der Waals surface area contributed by atoms with Crippen LogP contribution in [0.25, 0.3) is 11.4 Å². The second-order valence-corrected chi connectivity index (χ2v) is 5.11. The summed E-state index contributed by atoms with van der Waals surface area (Å²) in [6.07, 6.45) is 0. The van der Waals surface area contributed by atoms with Crippen molar-refractivity contribution in [3.8, 4) is 11.4 Å². The number of nitrogens with zero attached hydrogens (tertiary/aromatic N) is 2. The van der Waals surface area contributed by atoms with Crippen molar-refractivity contribution in [2.75, 3.05) is 5.73 Å². The molecule has 2 aromatic rings. The van der Waals surface area contributed by atoms with E-state index in [0.717, 1.165) is 5.69 Å². The first-order chi connectivity index (χ1) is 8.49. The molecule has 1 aromatic heterocycles. The van der Waals surface area contributed by atoms with Crippen molar-refractivity contribution in [1.82, 2.24) is 9.97 Å². The molecule has 0 aliphatic heterocycles. The van der Waals surface area contributed by atoms with Crippen LogP contribution in [-0.2, 0) is 0 Å². The highest BCUT2D eigenvalue weighted by Gasteiger charge is 2.14. The van der Waals surface area contributed by atoms with Crippen LogP contribution in [0.1, 0.15) is 25.5 Å². The van der Waals surface area contributed by atoms with Gasteiger partial charge >= 0.3 is 0 Å². The number of benzene rings is 1. The molecule has 0 radical (unpaired) electrons. The summed E-state index contributed by atoms with van der Waals surface area (Å²) in [7, 11) is 0. The fourth-order valence-corrected chi connectivity index (χ4v) is 2.17. The summed E-state index contributed by atoms with van der Waals surface area (Å²) in [6, 6.07) is 7.05. The predicted octanol–water partition coefficient (Wildman–Crippen LogP) is 4.16. The number of hydrogen-bond acceptors (Lipinski definition) is 3. The van der Waals surface area contributed by atoms with Gasteiger partial charge in [0.2, 0.25) is 0 Å². The summed E-state index contributed by atoms with van der Waals surface area (Å²) in [5, 5.41) is 1.03. The summed E-state index contributed by atoms with van der Waals surface area (Å²) < 4.78 is 0. The molecule has 5 heteroatoms. The van der Waals surface area contributed by atoms with E-state index < -0.39 is 0 Å². The van der Waals surface area contributed by atoms with Gasteiger partial charge in [0.05, 0.1) is 15.6 Å².